The van der Waals surface area contributed by atoms with Gasteiger partial charge in [0.25, 0.3) is 0 Å². The summed E-state index contributed by atoms with van der Waals surface area (Å²) in [6, 6.07) is 7.23. The van der Waals surface area contributed by atoms with E-state index in [1.165, 1.54) is 22.7 Å². The molecule has 1 atom stereocenters. The zero-order valence-corrected chi connectivity index (χ0v) is 16.2. The minimum atomic E-state index is -1.74. The van der Waals surface area contributed by atoms with Crippen LogP contribution in [0.25, 0.3) is 0 Å². The highest BCUT2D eigenvalue weighted by molar-refractivity contribution is 7.12. The van der Waals surface area contributed by atoms with E-state index in [4.69, 9.17) is 4.74 Å². The summed E-state index contributed by atoms with van der Waals surface area (Å²) >= 11 is 2.72. The number of piperidine rings is 3. The molecule has 0 aliphatic carbocycles. The lowest BCUT2D eigenvalue weighted by Gasteiger charge is -2.52. The second-order valence-electron chi connectivity index (χ2n) is 7.36. The third kappa shape index (κ3) is 3.01. The second-order valence-corrected chi connectivity index (χ2v) is 9.26. The van der Waals surface area contributed by atoms with E-state index in [-0.39, 0.29) is 12.7 Å². The summed E-state index contributed by atoms with van der Waals surface area (Å²) in [4.78, 5) is 14.3. The third-order valence-corrected chi connectivity index (χ3v) is 7.88. The third-order valence-electron chi connectivity index (χ3n) is 5.93. The van der Waals surface area contributed by atoms with E-state index < -0.39 is 11.6 Å². The van der Waals surface area contributed by atoms with E-state index in [0.717, 1.165) is 37.0 Å². The summed E-state index contributed by atoms with van der Waals surface area (Å²) < 4.78 is 6.76. The average molecular weight is 395 g/mol. The second kappa shape index (κ2) is 7.05. The van der Waals surface area contributed by atoms with Gasteiger partial charge in [-0.05, 0) is 22.9 Å². The molecule has 3 fully saturated rings. The van der Waals surface area contributed by atoms with Gasteiger partial charge in [0.1, 0.15) is 13.1 Å². The van der Waals surface area contributed by atoms with Crippen LogP contribution >= 0.6 is 22.7 Å². The van der Waals surface area contributed by atoms with Crippen LogP contribution in [0, 0.1) is 5.92 Å². The van der Waals surface area contributed by atoms with Crippen LogP contribution in [0.5, 0.6) is 0 Å². The molecular formula is C19H24NO4S2+. The first kappa shape index (κ1) is 18.1. The molecule has 0 unspecified atom stereocenters. The standard InChI is InChI=1S/C19H24NO4S2/c21-10-9-20-7-5-14(6-8-20)15(13-20)24-18(22)19(23,16-3-1-11-25-16)17-4-2-12-26-17/h1-4,11-12,14-15,21,23H,5-10,13H2/q+1/t14?,15-,20?/m0/s1. The molecular weight excluding hydrogens is 370 g/mol. The van der Waals surface area contributed by atoms with Crippen molar-refractivity contribution in [3.63, 3.8) is 0 Å². The number of hydrogen-bond donors (Lipinski definition) is 2. The van der Waals surface area contributed by atoms with Crippen molar-refractivity contribution in [3.8, 4) is 0 Å². The quantitative estimate of drug-likeness (QED) is 0.582. The monoisotopic (exact) mass is 394 g/mol. The summed E-state index contributed by atoms with van der Waals surface area (Å²) in [6.07, 6.45) is 1.82. The first-order chi connectivity index (χ1) is 12.6. The Kier molecular flexibility index (Phi) is 4.92. The van der Waals surface area contributed by atoms with Crippen molar-refractivity contribution in [1.29, 1.82) is 0 Å². The van der Waals surface area contributed by atoms with Crippen molar-refractivity contribution >= 4 is 28.6 Å². The smallest absolute Gasteiger partial charge is 0.349 e. The molecule has 3 aliphatic heterocycles. The van der Waals surface area contributed by atoms with Gasteiger partial charge in [-0.1, -0.05) is 12.1 Å². The van der Waals surface area contributed by atoms with Crippen LogP contribution in [0.4, 0.5) is 0 Å². The number of quaternary nitrogens is 1. The number of thiophene rings is 2. The van der Waals surface area contributed by atoms with E-state index in [2.05, 4.69) is 0 Å². The number of esters is 1. The van der Waals surface area contributed by atoms with Gasteiger partial charge in [0.2, 0.25) is 5.60 Å². The van der Waals surface area contributed by atoms with Gasteiger partial charge in [-0.25, -0.2) is 4.79 Å². The zero-order chi connectivity index (χ0) is 18.2. The Labute approximate surface area is 161 Å². The molecule has 2 bridgehead atoms. The van der Waals surface area contributed by atoms with E-state index in [1.807, 2.05) is 22.9 Å². The topological polar surface area (TPSA) is 66.8 Å². The molecule has 2 aromatic rings. The van der Waals surface area contributed by atoms with Gasteiger partial charge in [-0.3, -0.25) is 0 Å². The fraction of sp³-hybridized carbons (Fsp3) is 0.526. The molecule has 5 heterocycles. The minimum absolute atomic E-state index is 0.152. The van der Waals surface area contributed by atoms with E-state index in [0.29, 0.717) is 22.2 Å². The molecule has 5 rings (SSSR count). The number of rotatable bonds is 6. The van der Waals surface area contributed by atoms with Gasteiger partial charge in [-0.2, -0.15) is 0 Å². The van der Waals surface area contributed by atoms with Gasteiger partial charge in [-0.15, -0.1) is 22.7 Å². The number of ether oxygens (including phenoxy) is 1. The van der Waals surface area contributed by atoms with Gasteiger partial charge in [0.05, 0.1) is 29.5 Å². The first-order valence-electron chi connectivity index (χ1n) is 9.05. The molecule has 140 valence electrons. The number of carbonyl (C=O) groups is 1. The number of aliphatic hydroxyl groups is 2. The summed E-state index contributed by atoms with van der Waals surface area (Å²) in [7, 11) is 0. The molecule has 2 aromatic heterocycles. The average Bonchev–Trinajstić information content (AvgIpc) is 3.36. The van der Waals surface area contributed by atoms with E-state index >= 15 is 0 Å². The normalized spacial score (nSPS) is 28.2. The maximum Gasteiger partial charge on any atom is 0.349 e. The van der Waals surface area contributed by atoms with E-state index in [1.54, 1.807) is 12.1 Å². The maximum absolute atomic E-state index is 13.2. The Morgan fingerprint density at radius 2 is 1.81 bits per heavy atom. The molecule has 0 radical (unpaired) electrons. The van der Waals surface area contributed by atoms with E-state index in [9.17, 15) is 15.0 Å². The van der Waals surface area contributed by atoms with Crippen molar-refractivity contribution in [2.75, 3.05) is 32.8 Å². The van der Waals surface area contributed by atoms with Crippen molar-refractivity contribution in [2.45, 2.75) is 24.5 Å². The largest absolute Gasteiger partial charge is 0.453 e. The molecule has 0 amide bonds. The van der Waals surface area contributed by atoms with Crippen LogP contribution in [-0.2, 0) is 15.1 Å². The van der Waals surface area contributed by atoms with Crippen molar-refractivity contribution in [2.24, 2.45) is 5.92 Å². The fourth-order valence-corrected chi connectivity index (χ4v) is 6.11. The SMILES string of the molecule is O=C(O[C@H]1C[N+]2(CCO)CCC1CC2)C(O)(c1cccs1)c1cccs1. The van der Waals surface area contributed by atoms with Gasteiger partial charge >= 0.3 is 5.97 Å². The number of nitrogens with zero attached hydrogens (tertiary/aromatic N) is 1. The highest BCUT2D eigenvalue weighted by Gasteiger charge is 2.51. The molecule has 5 nitrogen and oxygen atoms in total. The lowest BCUT2D eigenvalue weighted by molar-refractivity contribution is -0.946. The molecule has 3 aliphatic rings. The van der Waals surface area contributed by atoms with Crippen LogP contribution in [0.1, 0.15) is 22.6 Å². The minimum Gasteiger partial charge on any atom is -0.453 e. The van der Waals surface area contributed by atoms with Crippen LogP contribution in [0.15, 0.2) is 35.0 Å². The maximum atomic E-state index is 13.2. The highest BCUT2D eigenvalue weighted by Crippen LogP contribution is 2.40. The van der Waals surface area contributed by atoms with Crippen LogP contribution in [0.2, 0.25) is 0 Å². The van der Waals surface area contributed by atoms with Crippen LogP contribution in [0.3, 0.4) is 0 Å². The molecule has 7 heteroatoms. The van der Waals surface area contributed by atoms with Crippen molar-refractivity contribution in [3.05, 3.63) is 44.8 Å². The van der Waals surface area contributed by atoms with Crippen LogP contribution in [-0.4, -0.2) is 59.6 Å². The molecule has 26 heavy (non-hydrogen) atoms. The van der Waals surface area contributed by atoms with Crippen LogP contribution < -0.4 is 0 Å². The summed E-state index contributed by atoms with van der Waals surface area (Å²) in [6.45, 7) is 3.68. The Balaban J connectivity index is 1.58. The highest BCUT2D eigenvalue weighted by atomic mass is 32.1. The molecule has 3 saturated heterocycles. The lowest BCUT2D eigenvalue weighted by Crippen LogP contribution is -2.65. The van der Waals surface area contributed by atoms with Gasteiger partial charge < -0.3 is 19.4 Å². The predicted molar refractivity (Wildman–Crippen MR) is 101 cm³/mol. The lowest BCUT2D eigenvalue weighted by atomic mass is 9.83. The Bertz CT molecular complexity index is 696. The zero-order valence-electron chi connectivity index (χ0n) is 14.5. The van der Waals surface area contributed by atoms with Gasteiger partial charge in [0, 0.05) is 18.8 Å². The number of aliphatic hydroxyl groups excluding tert-OH is 1. The molecule has 0 saturated carbocycles. The number of hydrogen-bond acceptors (Lipinski definition) is 6. The number of carbonyl (C=O) groups excluding carboxylic acids is 1. The van der Waals surface area contributed by atoms with Crippen molar-refractivity contribution in [1.82, 2.24) is 0 Å². The predicted octanol–water partition coefficient (Wildman–Crippen LogP) is 2.19. The summed E-state index contributed by atoms with van der Waals surface area (Å²) in [5.74, 6) is -0.225. The Morgan fingerprint density at radius 1 is 1.19 bits per heavy atom. The molecule has 0 spiro atoms. The molecule has 2 N–H and O–H groups in total. The Morgan fingerprint density at radius 3 is 2.31 bits per heavy atom. The summed E-state index contributed by atoms with van der Waals surface area (Å²) in [5, 5.41) is 24.5. The van der Waals surface area contributed by atoms with Crippen molar-refractivity contribution < 1.29 is 24.2 Å². The first-order valence-corrected chi connectivity index (χ1v) is 10.8. The molecule has 0 aromatic carbocycles. The number of fused-ring (bicyclic) bond motifs is 3. The fourth-order valence-electron chi connectivity index (χ4n) is 4.40. The van der Waals surface area contributed by atoms with Gasteiger partial charge in [0.15, 0.2) is 6.10 Å². The summed E-state index contributed by atoms with van der Waals surface area (Å²) in [5.41, 5.74) is -1.74. The Hall–Kier alpha value is -1.25.